The third-order valence-corrected chi connectivity index (χ3v) is 5.22. The fourth-order valence-corrected chi connectivity index (χ4v) is 3.50. The Morgan fingerprint density at radius 3 is 2.38 bits per heavy atom. The molecule has 0 saturated carbocycles. The third-order valence-electron chi connectivity index (χ3n) is 5.22. The van der Waals surface area contributed by atoms with Gasteiger partial charge in [-0.1, -0.05) is 43.7 Å². The number of hydrogen-bond acceptors (Lipinski definition) is 3. The molecule has 1 fully saturated rings. The number of nitrogens with zero attached hydrogens (tertiary/aromatic N) is 1. The molecule has 1 saturated heterocycles. The van der Waals surface area contributed by atoms with Gasteiger partial charge in [0.1, 0.15) is 0 Å². The van der Waals surface area contributed by atoms with Crippen molar-refractivity contribution in [2.24, 2.45) is 0 Å². The van der Waals surface area contributed by atoms with Gasteiger partial charge in [0.05, 0.1) is 5.41 Å². The Hall–Kier alpha value is -1.88. The van der Waals surface area contributed by atoms with Crippen molar-refractivity contribution in [3.63, 3.8) is 0 Å². The maximum absolute atomic E-state index is 13.1. The first kappa shape index (κ1) is 20.4. The summed E-state index contributed by atoms with van der Waals surface area (Å²) in [6.07, 6.45) is 4.36. The number of likely N-dealkylation sites (tertiary alicyclic amines) is 1. The lowest BCUT2D eigenvalue weighted by atomic mass is 9.72. The summed E-state index contributed by atoms with van der Waals surface area (Å²) in [5, 5.41) is 3.10. The second-order valence-electron chi connectivity index (χ2n) is 7.03. The Balaban J connectivity index is 1.94. The Labute approximate surface area is 157 Å². The quantitative estimate of drug-likeness (QED) is 0.689. The minimum Gasteiger partial charge on any atom is -0.381 e. The zero-order valence-corrected chi connectivity index (χ0v) is 16.1. The molecule has 0 bridgehead atoms. The van der Waals surface area contributed by atoms with Crippen molar-refractivity contribution in [2.75, 3.05) is 32.8 Å². The van der Waals surface area contributed by atoms with E-state index >= 15 is 0 Å². The van der Waals surface area contributed by atoms with Crippen LogP contribution in [0, 0.1) is 0 Å². The molecule has 0 unspecified atom stereocenters. The Morgan fingerprint density at radius 2 is 1.77 bits per heavy atom. The van der Waals surface area contributed by atoms with Gasteiger partial charge in [0.15, 0.2) is 0 Å². The van der Waals surface area contributed by atoms with E-state index in [4.69, 9.17) is 4.74 Å². The number of piperidine rings is 1. The zero-order chi connectivity index (χ0) is 18.8. The maximum atomic E-state index is 13.1. The van der Waals surface area contributed by atoms with Crippen LogP contribution in [0.25, 0.3) is 0 Å². The van der Waals surface area contributed by atoms with E-state index in [2.05, 4.69) is 12.2 Å². The van der Waals surface area contributed by atoms with Gasteiger partial charge in [-0.3, -0.25) is 9.59 Å². The lowest BCUT2D eigenvalue weighted by molar-refractivity contribution is -0.135. The molecule has 0 atom stereocenters. The topological polar surface area (TPSA) is 58.6 Å². The molecule has 0 aromatic heterocycles. The van der Waals surface area contributed by atoms with Crippen LogP contribution in [0.1, 0.15) is 51.5 Å². The summed E-state index contributed by atoms with van der Waals surface area (Å²) in [5.74, 6) is 0.150. The molecule has 1 aliphatic heterocycles. The predicted molar refractivity (Wildman–Crippen MR) is 103 cm³/mol. The molecular weight excluding hydrogens is 328 g/mol. The van der Waals surface area contributed by atoms with E-state index in [-0.39, 0.29) is 11.8 Å². The van der Waals surface area contributed by atoms with Crippen LogP contribution in [0.5, 0.6) is 0 Å². The standard InChI is InChI=1S/C21H32N2O3/c1-3-4-16-26-17-8-13-22-20(25)21(19-9-6-5-7-10-19)11-14-23(15-12-21)18(2)24/h5-7,9-10H,3-4,8,11-17H2,1-2H3,(H,22,25). The van der Waals surface area contributed by atoms with Crippen LogP contribution in [-0.4, -0.2) is 49.6 Å². The highest BCUT2D eigenvalue weighted by atomic mass is 16.5. The molecule has 2 amide bonds. The Kier molecular flexibility index (Phi) is 8.10. The minimum absolute atomic E-state index is 0.0699. The number of unbranched alkanes of at least 4 members (excludes halogenated alkanes) is 1. The fourth-order valence-electron chi connectivity index (χ4n) is 3.50. The van der Waals surface area contributed by atoms with Gasteiger partial charge in [0.25, 0.3) is 0 Å². The highest BCUT2D eigenvalue weighted by molar-refractivity contribution is 5.88. The van der Waals surface area contributed by atoms with Gasteiger partial charge in [0.2, 0.25) is 11.8 Å². The van der Waals surface area contributed by atoms with E-state index in [0.29, 0.717) is 39.1 Å². The summed E-state index contributed by atoms with van der Waals surface area (Å²) in [6, 6.07) is 9.97. The van der Waals surface area contributed by atoms with Crippen LogP contribution in [0.4, 0.5) is 0 Å². The highest BCUT2D eigenvalue weighted by Crippen LogP contribution is 2.36. The zero-order valence-electron chi connectivity index (χ0n) is 16.1. The molecule has 26 heavy (non-hydrogen) atoms. The van der Waals surface area contributed by atoms with Gasteiger partial charge in [-0.25, -0.2) is 0 Å². The number of carbonyl (C=O) groups excluding carboxylic acids is 2. The second-order valence-corrected chi connectivity index (χ2v) is 7.03. The van der Waals surface area contributed by atoms with Crippen molar-refractivity contribution in [1.29, 1.82) is 0 Å². The predicted octanol–water partition coefficient (Wildman–Crippen LogP) is 2.89. The van der Waals surface area contributed by atoms with Crippen LogP contribution in [-0.2, 0) is 19.7 Å². The average Bonchev–Trinajstić information content (AvgIpc) is 2.67. The molecule has 5 nitrogen and oxygen atoms in total. The largest absolute Gasteiger partial charge is 0.381 e. The molecule has 1 aliphatic rings. The highest BCUT2D eigenvalue weighted by Gasteiger charge is 2.43. The van der Waals surface area contributed by atoms with Crippen molar-refractivity contribution in [3.8, 4) is 0 Å². The summed E-state index contributed by atoms with van der Waals surface area (Å²) in [5.41, 5.74) is 0.496. The smallest absolute Gasteiger partial charge is 0.230 e. The molecule has 1 aromatic rings. The van der Waals surface area contributed by atoms with Crippen molar-refractivity contribution in [2.45, 2.75) is 51.4 Å². The minimum atomic E-state index is -0.545. The molecular formula is C21H32N2O3. The number of carbonyl (C=O) groups is 2. The van der Waals surface area contributed by atoms with Gasteiger partial charge >= 0.3 is 0 Å². The molecule has 1 heterocycles. The van der Waals surface area contributed by atoms with E-state index in [9.17, 15) is 9.59 Å². The summed E-state index contributed by atoms with van der Waals surface area (Å²) in [6.45, 7) is 7.07. The van der Waals surface area contributed by atoms with Gasteiger partial charge in [0, 0.05) is 39.8 Å². The molecule has 1 aromatic carbocycles. The summed E-state index contributed by atoms with van der Waals surface area (Å²) in [4.78, 5) is 26.6. The third kappa shape index (κ3) is 5.31. The summed E-state index contributed by atoms with van der Waals surface area (Å²) < 4.78 is 5.56. The van der Waals surface area contributed by atoms with Crippen molar-refractivity contribution >= 4 is 11.8 Å². The number of amides is 2. The Bertz CT molecular complexity index is 566. The van der Waals surface area contributed by atoms with Crippen molar-refractivity contribution < 1.29 is 14.3 Å². The van der Waals surface area contributed by atoms with Crippen LogP contribution < -0.4 is 5.32 Å². The van der Waals surface area contributed by atoms with Crippen LogP contribution >= 0.6 is 0 Å². The monoisotopic (exact) mass is 360 g/mol. The molecule has 144 valence electrons. The number of benzene rings is 1. The van der Waals surface area contributed by atoms with Gasteiger partial charge in [-0.05, 0) is 31.2 Å². The number of ether oxygens (including phenoxy) is 1. The molecule has 0 spiro atoms. The maximum Gasteiger partial charge on any atom is 0.230 e. The van der Waals surface area contributed by atoms with E-state index in [1.165, 1.54) is 0 Å². The van der Waals surface area contributed by atoms with Gasteiger partial charge in [-0.15, -0.1) is 0 Å². The number of nitrogens with one attached hydrogen (secondary N) is 1. The fraction of sp³-hybridized carbons (Fsp3) is 0.619. The first-order valence-corrected chi connectivity index (χ1v) is 9.77. The molecule has 0 radical (unpaired) electrons. The molecule has 1 N–H and O–H groups in total. The first-order valence-electron chi connectivity index (χ1n) is 9.77. The molecule has 5 heteroatoms. The average molecular weight is 360 g/mol. The van der Waals surface area contributed by atoms with E-state index in [1.54, 1.807) is 6.92 Å². The van der Waals surface area contributed by atoms with E-state index < -0.39 is 5.41 Å². The van der Waals surface area contributed by atoms with Crippen molar-refractivity contribution in [1.82, 2.24) is 10.2 Å². The first-order chi connectivity index (χ1) is 12.6. The summed E-state index contributed by atoms with van der Waals surface area (Å²) in [7, 11) is 0. The Morgan fingerprint density at radius 1 is 1.12 bits per heavy atom. The normalized spacial score (nSPS) is 16.3. The number of rotatable bonds is 9. The van der Waals surface area contributed by atoms with E-state index in [0.717, 1.165) is 31.4 Å². The molecule has 2 rings (SSSR count). The van der Waals surface area contributed by atoms with Crippen molar-refractivity contribution in [3.05, 3.63) is 35.9 Å². The SMILES string of the molecule is CCCCOCCCNC(=O)C1(c2ccccc2)CCN(C(C)=O)CC1. The lowest BCUT2D eigenvalue weighted by Crippen LogP contribution is -2.52. The lowest BCUT2D eigenvalue weighted by Gasteiger charge is -2.40. The van der Waals surface area contributed by atoms with Crippen LogP contribution in [0.3, 0.4) is 0 Å². The van der Waals surface area contributed by atoms with E-state index in [1.807, 2.05) is 35.2 Å². The second kappa shape index (κ2) is 10.3. The van der Waals surface area contributed by atoms with Gasteiger partial charge in [-0.2, -0.15) is 0 Å². The van der Waals surface area contributed by atoms with Crippen LogP contribution in [0.2, 0.25) is 0 Å². The number of hydrogen-bond donors (Lipinski definition) is 1. The van der Waals surface area contributed by atoms with Gasteiger partial charge < -0.3 is 15.0 Å². The van der Waals surface area contributed by atoms with Crippen LogP contribution in [0.15, 0.2) is 30.3 Å². The summed E-state index contributed by atoms with van der Waals surface area (Å²) >= 11 is 0. The molecule has 0 aliphatic carbocycles.